The average molecular weight is 278 g/mol. The predicted molar refractivity (Wildman–Crippen MR) is 65.4 cm³/mol. The lowest BCUT2D eigenvalue weighted by atomic mass is 9.95. The molecule has 17 heavy (non-hydrogen) atoms. The van der Waals surface area contributed by atoms with Crippen LogP contribution in [-0.4, -0.2) is 41.4 Å². The fourth-order valence-electron chi connectivity index (χ4n) is 2.20. The molecule has 0 aromatic carbocycles. The Kier molecular flexibility index (Phi) is 3.75. The number of hydrogen-bond acceptors (Lipinski definition) is 3. The molecule has 0 bridgehead atoms. The Labute approximate surface area is 106 Å². The monoisotopic (exact) mass is 277 g/mol. The molecule has 1 fully saturated rings. The van der Waals surface area contributed by atoms with Crippen molar-refractivity contribution in [2.45, 2.75) is 42.0 Å². The van der Waals surface area contributed by atoms with Gasteiger partial charge in [0.25, 0.3) is 0 Å². The maximum Gasteiger partial charge on any atom is 0.246 e. The van der Waals surface area contributed by atoms with Crippen molar-refractivity contribution in [3.63, 3.8) is 0 Å². The van der Waals surface area contributed by atoms with E-state index < -0.39 is 10.0 Å². The van der Waals surface area contributed by atoms with Gasteiger partial charge in [0.05, 0.1) is 11.6 Å². The van der Waals surface area contributed by atoms with Crippen molar-refractivity contribution in [2.75, 3.05) is 7.05 Å². The van der Waals surface area contributed by atoms with Gasteiger partial charge in [0.15, 0.2) is 0 Å². The maximum absolute atomic E-state index is 12.2. The van der Waals surface area contributed by atoms with E-state index in [1.54, 1.807) is 7.05 Å². The lowest BCUT2D eigenvalue weighted by Gasteiger charge is -2.33. The highest BCUT2D eigenvalue weighted by Gasteiger charge is 2.34. The van der Waals surface area contributed by atoms with Crippen molar-refractivity contribution >= 4 is 21.6 Å². The van der Waals surface area contributed by atoms with Gasteiger partial charge >= 0.3 is 0 Å². The summed E-state index contributed by atoms with van der Waals surface area (Å²) in [6.45, 7) is 0. The number of aromatic nitrogens is 2. The van der Waals surface area contributed by atoms with Gasteiger partial charge in [-0.3, -0.25) is 5.10 Å². The molecule has 1 saturated carbocycles. The van der Waals surface area contributed by atoms with Crippen LogP contribution in [-0.2, 0) is 10.0 Å². The number of aromatic amines is 1. The molecule has 1 aliphatic carbocycles. The molecule has 2 atom stereocenters. The molecular formula is C10H16ClN3O2S. The number of nitrogens with zero attached hydrogens (tertiary/aromatic N) is 2. The molecular weight excluding hydrogens is 262 g/mol. The molecule has 0 spiro atoms. The minimum Gasteiger partial charge on any atom is -0.284 e. The highest BCUT2D eigenvalue weighted by atomic mass is 35.5. The SMILES string of the molecule is CN(C1CCCCC1Cl)S(=O)(=O)c1cn[nH]c1. The first-order valence-electron chi connectivity index (χ1n) is 5.64. The highest BCUT2D eigenvalue weighted by Crippen LogP contribution is 2.29. The van der Waals surface area contributed by atoms with E-state index in [1.165, 1.54) is 16.7 Å². The molecule has 2 unspecified atom stereocenters. The Balaban J connectivity index is 2.22. The van der Waals surface area contributed by atoms with Gasteiger partial charge in [0.1, 0.15) is 4.90 Å². The second-order valence-electron chi connectivity index (χ2n) is 4.32. The molecule has 2 rings (SSSR count). The summed E-state index contributed by atoms with van der Waals surface area (Å²) in [7, 11) is -1.88. The standard InChI is InChI=1S/C10H16ClN3O2S/c1-14(10-5-3-2-4-9(10)11)17(15,16)8-6-12-13-7-8/h6-7,9-10H,2-5H2,1H3,(H,12,13). The summed E-state index contributed by atoms with van der Waals surface area (Å²) in [4.78, 5) is 0.189. The van der Waals surface area contributed by atoms with Crippen LogP contribution in [0.1, 0.15) is 25.7 Å². The molecule has 1 aliphatic rings. The predicted octanol–water partition coefficient (Wildman–Crippen LogP) is 1.58. The largest absolute Gasteiger partial charge is 0.284 e. The van der Waals surface area contributed by atoms with Crippen LogP contribution in [0.3, 0.4) is 0 Å². The molecule has 7 heteroatoms. The van der Waals surface area contributed by atoms with Gasteiger partial charge in [-0.2, -0.15) is 9.40 Å². The van der Waals surface area contributed by atoms with Crippen molar-refractivity contribution < 1.29 is 8.42 Å². The van der Waals surface area contributed by atoms with Crippen LogP contribution in [0, 0.1) is 0 Å². The van der Waals surface area contributed by atoms with Crippen molar-refractivity contribution in [2.24, 2.45) is 0 Å². The second-order valence-corrected chi connectivity index (χ2v) is 6.88. The maximum atomic E-state index is 12.2. The number of H-pyrrole nitrogens is 1. The van der Waals surface area contributed by atoms with Crippen LogP contribution in [0.4, 0.5) is 0 Å². The molecule has 1 aromatic rings. The van der Waals surface area contributed by atoms with E-state index in [-0.39, 0.29) is 16.3 Å². The molecule has 1 aromatic heterocycles. The fraction of sp³-hybridized carbons (Fsp3) is 0.700. The van der Waals surface area contributed by atoms with Crippen molar-refractivity contribution in [3.05, 3.63) is 12.4 Å². The van der Waals surface area contributed by atoms with Crippen LogP contribution >= 0.6 is 11.6 Å². The van der Waals surface area contributed by atoms with Crippen molar-refractivity contribution in [3.8, 4) is 0 Å². The Morgan fingerprint density at radius 3 is 2.76 bits per heavy atom. The Morgan fingerprint density at radius 1 is 1.47 bits per heavy atom. The van der Waals surface area contributed by atoms with Gasteiger partial charge in [-0.05, 0) is 12.8 Å². The lowest BCUT2D eigenvalue weighted by Crippen LogP contribution is -2.44. The Morgan fingerprint density at radius 2 is 2.18 bits per heavy atom. The topological polar surface area (TPSA) is 66.1 Å². The van der Waals surface area contributed by atoms with E-state index >= 15 is 0 Å². The molecule has 96 valence electrons. The summed E-state index contributed by atoms with van der Waals surface area (Å²) in [6, 6.07) is -0.120. The fourth-order valence-corrected chi connectivity index (χ4v) is 4.05. The summed E-state index contributed by atoms with van der Waals surface area (Å²) in [6.07, 6.45) is 6.50. The van der Waals surface area contributed by atoms with Gasteiger partial charge < -0.3 is 0 Å². The minimum absolute atomic E-state index is 0.101. The van der Waals surface area contributed by atoms with E-state index in [0.29, 0.717) is 0 Å². The summed E-state index contributed by atoms with van der Waals surface area (Å²) in [5.41, 5.74) is 0. The normalized spacial score (nSPS) is 26.3. The van der Waals surface area contributed by atoms with Crippen LogP contribution in [0.15, 0.2) is 17.3 Å². The molecule has 0 amide bonds. The zero-order chi connectivity index (χ0) is 12.5. The first-order valence-corrected chi connectivity index (χ1v) is 7.52. The van der Waals surface area contributed by atoms with Gasteiger partial charge in [0.2, 0.25) is 10.0 Å². The smallest absolute Gasteiger partial charge is 0.246 e. The quantitative estimate of drug-likeness (QED) is 0.853. The van der Waals surface area contributed by atoms with E-state index in [2.05, 4.69) is 10.2 Å². The summed E-state index contributed by atoms with van der Waals surface area (Å²) in [5.74, 6) is 0. The van der Waals surface area contributed by atoms with Crippen LogP contribution < -0.4 is 0 Å². The van der Waals surface area contributed by atoms with E-state index in [4.69, 9.17) is 11.6 Å². The third-order valence-electron chi connectivity index (χ3n) is 3.26. The van der Waals surface area contributed by atoms with Gasteiger partial charge in [0, 0.05) is 19.3 Å². The number of halogens is 1. The number of rotatable bonds is 3. The number of hydrogen-bond donors (Lipinski definition) is 1. The third-order valence-corrected chi connectivity index (χ3v) is 5.62. The molecule has 0 radical (unpaired) electrons. The van der Waals surface area contributed by atoms with Crippen molar-refractivity contribution in [1.82, 2.24) is 14.5 Å². The summed E-state index contributed by atoms with van der Waals surface area (Å²) < 4.78 is 25.9. The van der Waals surface area contributed by atoms with Gasteiger partial charge in [-0.1, -0.05) is 12.8 Å². The Bertz CT molecular complexity index is 460. The number of sulfonamides is 1. The van der Waals surface area contributed by atoms with Gasteiger partial charge in [-0.15, -0.1) is 11.6 Å². The molecule has 0 aliphatic heterocycles. The Hall–Kier alpha value is -0.590. The molecule has 1 heterocycles. The van der Waals surface area contributed by atoms with E-state index in [0.717, 1.165) is 25.7 Å². The summed E-state index contributed by atoms with van der Waals surface area (Å²) >= 11 is 6.22. The minimum atomic E-state index is -3.47. The lowest BCUT2D eigenvalue weighted by molar-refractivity contribution is 0.291. The zero-order valence-electron chi connectivity index (χ0n) is 9.63. The van der Waals surface area contributed by atoms with Crippen LogP contribution in [0.25, 0.3) is 0 Å². The highest BCUT2D eigenvalue weighted by molar-refractivity contribution is 7.89. The van der Waals surface area contributed by atoms with Crippen LogP contribution in [0.5, 0.6) is 0 Å². The van der Waals surface area contributed by atoms with E-state index in [9.17, 15) is 8.42 Å². The molecule has 1 N–H and O–H groups in total. The number of nitrogens with one attached hydrogen (secondary N) is 1. The molecule has 0 saturated heterocycles. The van der Waals surface area contributed by atoms with Gasteiger partial charge in [-0.25, -0.2) is 8.42 Å². The second kappa shape index (κ2) is 4.96. The molecule has 5 nitrogen and oxygen atoms in total. The summed E-state index contributed by atoms with van der Waals surface area (Å²) in [5, 5.41) is 6.09. The van der Waals surface area contributed by atoms with Crippen LogP contribution in [0.2, 0.25) is 0 Å². The average Bonchev–Trinajstić information content (AvgIpc) is 2.83. The number of alkyl halides is 1. The van der Waals surface area contributed by atoms with E-state index in [1.807, 2.05) is 0 Å². The third kappa shape index (κ3) is 2.48. The first-order chi connectivity index (χ1) is 8.03. The first kappa shape index (κ1) is 12.9. The zero-order valence-corrected chi connectivity index (χ0v) is 11.2. The van der Waals surface area contributed by atoms with Crippen molar-refractivity contribution in [1.29, 1.82) is 0 Å².